The minimum atomic E-state index is -0.104. The molecule has 0 radical (unpaired) electrons. The minimum absolute atomic E-state index is 0.00783. The molecule has 5 rings (SSSR count). The first-order chi connectivity index (χ1) is 14.0. The summed E-state index contributed by atoms with van der Waals surface area (Å²) < 4.78 is 5.13. The van der Waals surface area contributed by atoms with Gasteiger partial charge in [-0.1, -0.05) is 6.07 Å². The molecule has 0 atom stereocenters. The molecule has 0 N–H and O–H groups in total. The van der Waals surface area contributed by atoms with Crippen molar-refractivity contribution in [2.75, 3.05) is 13.1 Å². The lowest BCUT2D eigenvalue weighted by Gasteiger charge is -2.31. The molecular weight excluding hydrogens is 370 g/mol. The van der Waals surface area contributed by atoms with Crippen LogP contribution in [-0.2, 0) is 11.8 Å². The van der Waals surface area contributed by atoms with Crippen molar-refractivity contribution in [3.63, 3.8) is 0 Å². The van der Waals surface area contributed by atoms with E-state index in [9.17, 15) is 9.59 Å². The molecule has 0 bridgehead atoms. The summed E-state index contributed by atoms with van der Waals surface area (Å²) in [6.45, 7) is 2.88. The van der Waals surface area contributed by atoms with Gasteiger partial charge < -0.3 is 4.90 Å². The number of likely N-dealkylation sites (tertiary alicyclic amines) is 1. The standard InChI is InChI=1S/C20H21N7O2/c1-13(28)25-9-6-14(7-10-25)27-19-17(24(2)20(27)29)12-21-18(23-19)15-11-22-26-8-4-3-5-16(15)26/h3-5,8,11-12,14H,6-7,9-10H2,1-2H3. The number of hydrogen-bond acceptors (Lipinski definition) is 5. The predicted octanol–water partition coefficient (Wildman–Crippen LogP) is 1.63. The Kier molecular flexibility index (Phi) is 3.97. The summed E-state index contributed by atoms with van der Waals surface area (Å²) in [6.07, 6.45) is 6.78. The number of carbonyl (C=O) groups is 1. The van der Waals surface area contributed by atoms with Crippen LogP contribution in [0.15, 0.2) is 41.6 Å². The van der Waals surface area contributed by atoms with Gasteiger partial charge in [0.25, 0.3) is 0 Å². The molecule has 1 fully saturated rings. The third-order valence-corrected chi connectivity index (χ3v) is 5.77. The van der Waals surface area contributed by atoms with Crippen LogP contribution in [0.25, 0.3) is 28.1 Å². The third-order valence-electron chi connectivity index (χ3n) is 5.77. The second-order valence-electron chi connectivity index (χ2n) is 7.44. The molecule has 1 saturated heterocycles. The zero-order valence-corrected chi connectivity index (χ0v) is 16.3. The lowest BCUT2D eigenvalue weighted by Crippen LogP contribution is -2.39. The number of aromatic nitrogens is 6. The Bertz CT molecular complexity index is 1290. The van der Waals surface area contributed by atoms with Crippen molar-refractivity contribution in [3.8, 4) is 11.4 Å². The summed E-state index contributed by atoms with van der Waals surface area (Å²) in [6, 6.07) is 5.83. The van der Waals surface area contributed by atoms with Crippen molar-refractivity contribution in [3.05, 3.63) is 47.3 Å². The van der Waals surface area contributed by atoms with Gasteiger partial charge in [-0.3, -0.25) is 13.9 Å². The molecule has 1 amide bonds. The maximum Gasteiger partial charge on any atom is 0.330 e. The van der Waals surface area contributed by atoms with E-state index in [0.29, 0.717) is 30.1 Å². The number of pyridine rings is 1. The SMILES string of the molecule is CC(=O)N1CCC(n2c(=O)n(C)c3cnc(-c4cnn5ccccc45)nc32)CC1. The van der Waals surface area contributed by atoms with Crippen molar-refractivity contribution in [2.24, 2.45) is 7.05 Å². The molecule has 4 aromatic heterocycles. The summed E-state index contributed by atoms with van der Waals surface area (Å²) in [5, 5.41) is 4.36. The van der Waals surface area contributed by atoms with E-state index in [2.05, 4.69) is 10.1 Å². The molecule has 5 heterocycles. The number of nitrogens with zero attached hydrogens (tertiary/aromatic N) is 7. The maximum atomic E-state index is 13.0. The van der Waals surface area contributed by atoms with Crippen LogP contribution in [0.3, 0.4) is 0 Å². The summed E-state index contributed by atoms with van der Waals surface area (Å²) in [5.74, 6) is 0.616. The Hall–Kier alpha value is -3.49. The van der Waals surface area contributed by atoms with E-state index in [0.717, 1.165) is 23.9 Å². The molecule has 29 heavy (non-hydrogen) atoms. The van der Waals surface area contributed by atoms with Gasteiger partial charge in [0.2, 0.25) is 5.91 Å². The predicted molar refractivity (Wildman–Crippen MR) is 107 cm³/mol. The van der Waals surface area contributed by atoms with Crippen molar-refractivity contribution >= 4 is 22.6 Å². The Morgan fingerprint density at radius 3 is 2.69 bits per heavy atom. The number of aryl methyl sites for hydroxylation is 1. The number of rotatable bonds is 2. The largest absolute Gasteiger partial charge is 0.343 e. The molecule has 1 aliphatic heterocycles. The van der Waals surface area contributed by atoms with Crippen molar-refractivity contribution in [2.45, 2.75) is 25.8 Å². The lowest BCUT2D eigenvalue weighted by atomic mass is 10.0. The van der Waals surface area contributed by atoms with Gasteiger partial charge in [-0.2, -0.15) is 5.10 Å². The average molecular weight is 391 g/mol. The normalized spacial score (nSPS) is 15.4. The topological polar surface area (TPSA) is 90.3 Å². The first kappa shape index (κ1) is 17.6. The first-order valence-electron chi connectivity index (χ1n) is 9.67. The zero-order valence-electron chi connectivity index (χ0n) is 16.3. The van der Waals surface area contributed by atoms with Crippen LogP contribution in [0.5, 0.6) is 0 Å². The smallest absolute Gasteiger partial charge is 0.330 e. The van der Waals surface area contributed by atoms with Gasteiger partial charge in [0.1, 0.15) is 5.52 Å². The number of fused-ring (bicyclic) bond motifs is 2. The molecule has 4 aromatic rings. The van der Waals surface area contributed by atoms with E-state index in [4.69, 9.17) is 4.98 Å². The Morgan fingerprint density at radius 1 is 1.14 bits per heavy atom. The molecule has 148 valence electrons. The molecule has 1 aliphatic rings. The van der Waals surface area contributed by atoms with Crippen LogP contribution < -0.4 is 5.69 Å². The van der Waals surface area contributed by atoms with E-state index in [1.807, 2.05) is 29.3 Å². The molecule has 9 heteroatoms. The summed E-state index contributed by atoms with van der Waals surface area (Å²) >= 11 is 0. The Balaban J connectivity index is 1.62. The fourth-order valence-electron chi connectivity index (χ4n) is 4.14. The number of imidazole rings is 1. The highest BCUT2D eigenvalue weighted by atomic mass is 16.2. The fraction of sp³-hybridized carbons (Fsp3) is 0.350. The maximum absolute atomic E-state index is 13.0. The quantitative estimate of drug-likeness (QED) is 0.518. The third kappa shape index (κ3) is 2.72. The van der Waals surface area contributed by atoms with Gasteiger partial charge in [-0.15, -0.1) is 0 Å². The van der Waals surface area contributed by atoms with Crippen molar-refractivity contribution < 1.29 is 4.79 Å². The molecule has 0 unspecified atom stereocenters. The van der Waals surface area contributed by atoms with E-state index < -0.39 is 0 Å². The summed E-state index contributed by atoms with van der Waals surface area (Å²) in [5.41, 5.74) is 2.95. The van der Waals surface area contributed by atoms with Crippen LogP contribution in [0.1, 0.15) is 25.8 Å². The highest BCUT2D eigenvalue weighted by Gasteiger charge is 2.26. The molecular formula is C20H21N7O2. The average Bonchev–Trinajstić information content (AvgIpc) is 3.27. The monoisotopic (exact) mass is 391 g/mol. The van der Waals surface area contributed by atoms with Gasteiger partial charge in [0.15, 0.2) is 11.5 Å². The highest BCUT2D eigenvalue weighted by Crippen LogP contribution is 2.27. The van der Waals surface area contributed by atoms with Crippen LogP contribution in [-0.4, -0.2) is 52.6 Å². The van der Waals surface area contributed by atoms with E-state index in [-0.39, 0.29) is 17.6 Å². The van der Waals surface area contributed by atoms with Crippen LogP contribution in [0, 0.1) is 0 Å². The fourth-order valence-corrected chi connectivity index (χ4v) is 4.14. The highest BCUT2D eigenvalue weighted by molar-refractivity contribution is 5.79. The van der Waals surface area contributed by atoms with Crippen molar-refractivity contribution in [1.29, 1.82) is 0 Å². The van der Waals surface area contributed by atoms with Gasteiger partial charge in [-0.05, 0) is 25.0 Å². The summed E-state index contributed by atoms with van der Waals surface area (Å²) in [4.78, 5) is 35.7. The van der Waals surface area contributed by atoms with Gasteiger partial charge >= 0.3 is 5.69 Å². The van der Waals surface area contributed by atoms with Gasteiger partial charge in [-0.25, -0.2) is 19.3 Å². The van der Waals surface area contributed by atoms with E-state index >= 15 is 0 Å². The Labute approximate surface area is 166 Å². The molecule has 0 aliphatic carbocycles. The second-order valence-corrected chi connectivity index (χ2v) is 7.44. The number of hydrogen-bond donors (Lipinski definition) is 0. The van der Waals surface area contributed by atoms with Gasteiger partial charge in [0, 0.05) is 39.3 Å². The molecule has 0 aromatic carbocycles. The van der Waals surface area contributed by atoms with Gasteiger partial charge in [0.05, 0.1) is 23.5 Å². The molecule has 9 nitrogen and oxygen atoms in total. The number of piperidine rings is 1. The Morgan fingerprint density at radius 2 is 1.93 bits per heavy atom. The number of amides is 1. The second kappa shape index (κ2) is 6.54. The number of carbonyl (C=O) groups excluding carboxylic acids is 1. The summed E-state index contributed by atoms with van der Waals surface area (Å²) in [7, 11) is 1.74. The molecule has 0 spiro atoms. The minimum Gasteiger partial charge on any atom is -0.343 e. The van der Waals surface area contributed by atoms with E-state index in [1.54, 1.807) is 40.0 Å². The molecule has 0 saturated carbocycles. The van der Waals surface area contributed by atoms with Crippen LogP contribution >= 0.6 is 0 Å². The van der Waals surface area contributed by atoms with Crippen LogP contribution in [0.2, 0.25) is 0 Å². The lowest BCUT2D eigenvalue weighted by molar-refractivity contribution is -0.130. The van der Waals surface area contributed by atoms with Crippen LogP contribution in [0.4, 0.5) is 0 Å². The zero-order chi connectivity index (χ0) is 20.1. The first-order valence-corrected chi connectivity index (χ1v) is 9.67. The van der Waals surface area contributed by atoms with E-state index in [1.165, 1.54) is 0 Å². The van der Waals surface area contributed by atoms with Crippen molar-refractivity contribution in [1.82, 2.24) is 33.6 Å².